The molecule has 4 atom stereocenters. The van der Waals surface area contributed by atoms with Gasteiger partial charge in [-0.1, -0.05) is 98.1 Å². The highest BCUT2D eigenvalue weighted by Crippen LogP contribution is 2.58. The SMILES string of the molecule is O=C(c1ccc(Br)cc1)[C@@H]1[C@H](C(=O)c2ccc(Br)cc2)N2c3ccc(Cl)cc3C=CC2[C@@]12C(=O)Nc1ccccc12. The van der Waals surface area contributed by atoms with Crippen LogP contribution in [0.2, 0.25) is 5.02 Å². The van der Waals surface area contributed by atoms with Gasteiger partial charge in [0.05, 0.1) is 12.0 Å². The molecule has 1 spiro atoms. The Labute approximate surface area is 258 Å². The smallest absolute Gasteiger partial charge is 0.238 e. The number of hydrogen-bond acceptors (Lipinski definition) is 4. The number of anilines is 2. The second-order valence-corrected chi connectivity index (χ2v) is 12.7. The molecule has 0 radical (unpaired) electrons. The molecule has 0 saturated carbocycles. The zero-order chi connectivity index (χ0) is 28.5. The maximum Gasteiger partial charge on any atom is 0.238 e. The molecule has 1 fully saturated rings. The molecule has 1 amide bonds. The van der Waals surface area contributed by atoms with E-state index in [-0.39, 0.29) is 17.5 Å². The Morgan fingerprint density at radius 3 is 2.15 bits per heavy atom. The molecule has 3 aliphatic heterocycles. The van der Waals surface area contributed by atoms with Crippen LogP contribution in [0.1, 0.15) is 31.8 Å². The topological polar surface area (TPSA) is 66.5 Å². The number of nitrogens with one attached hydrogen (secondary N) is 1. The van der Waals surface area contributed by atoms with Crippen molar-refractivity contribution >= 4 is 78.4 Å². The van der Waals surface area contributed by atoms with Crippen LogP contribution in [-0.2, 0) is 10.2 Å². The fourth-order valence-corrected chi connectivity index (χ4v) is 7.44. The van der Waals surface area contributed by atoms with Gasteiger partial charge in [0.25, 0.3) is 0 Å². The lowest BCUT2D eigenvalue weighted by Crippen LogP contribution is -2.51. The summed E-state index contributed by atoms with van der Waals surface area (Å²) in [4.78, 5) is 45.7. The van der Waals surface area contributed by atoms with Crippen LogP contribution in [0.15, 0.2) is 106 Å². The fourth-order valence-electron chi connectivity index (χ4n) is 6.73. The lowest BCUT2D eigenvalue weighted by atomic mass is 9.64. The highest BCUT2D eigenvalue weighted by molar-refractivity contribution is 9.10. The van der Waals surface area contributed by atoms with Gasteiger partial charge in [0, 0.05) is 36.5 Å². The molecule has 4 aromatic rings. The second-order valence-electron chi connectivity index (χ2n) is 10.4. The maximum absolute atomic E-state index is 14.8. The summed E-state index contributed by atoms with van der Waals surface area (Å²) < 4.78 is 1.66. The summed E-state index contributed by atoms with van der Waals surface area (Å²) in [5.41, 5.74) is 2.47. The lowest BCUT2D eigenvalue weighted by Gasteiger charge is -2.37. The maximum atomic E-state index is 14.8. The van der Waals surface area contributed by atoms with Crippen molar-refractivity contribution in [2.75, 3.05) is 10.2 Å². The number of hydrogen-bond donors (Lipinski definition) is 1. The van der Waals surface area contributed by atoms with Gasteiger partial charge in [0.1, 0.15) is 11.5 Å². The summed E-state index contributed by atoms with van der Waals surface area (Å²) in [6.07, 6.45) is 3.88. The van der Waals surface area contributed by atoms with Crippen LogP contribution in [0.25, 0.3) is 6.08 Å². The van der Waals surface area contributed by atoms with Gasteiger partial charge in [0.15, 0.2) is 11.6 Å². The summed E-state index contributed by atoms with van der Waals surface area (Å²) in [6.45, 7) is 0. The second kappa shape index (κ2) is 9.79. The van der Waals surface area contributed by atoms with E-state index in [1.165, 1.54) is 0 Å². The number of nitrogens with zero attached hydrogens (tertiary/aromatic N) is 1. The quantitative estimate of drug-likeness (QED) is 0.223. The Balaban J connectivity index is 1.53. The summed E-state index contributed by atoms with van der Waals surface area (Å²) in [6, 6.07) is 25.6. The molecular weight excluding hydrogens is 668 g/mol. The van der Waals surface area contributed by atoms with Crippen LogP contribution in [0.3, 0.4) is 0 Å². The van der Waals surface area contributed by atoms with Crippen LogP contribution in [0, 0.1) is 5.92 Å². The van der Waals surface area contributed by atoms with Gasteiger partial charge in [-0.3, -0.25) is 14.4 Å². The number of fused-ring (bicyclic) bond motifs is 6. The van der Waals surface area contributed by atoms with Crippen molar-refractivity contribution in [2.45, 2.75) is 17.5 Å². The first-order valence-corrected chi connectivity index (χ1v) is 15.0. The van der Waals surface area contributed by atoms with E-state index in [9.17, 15) is 14.4 Å². The Morgan fingerprint density at radius 1 is 0.829 bits per heavy atom. The van der Waals surface area contributed by atoms with Gasteiger partial charge in [-0.25, -0.2) is 0 Å². The van der Waals surface area contributed by atoms with Crippen LogP contribution in [-0.4, -0.2) is 29.6 Å². The standard InChI is InChI=1S/C33H21Br2ClN2O3/c34-21-10-5-18(6-11-21)30(39)28-29(31(40)19-7-12-22(35)13-8-19)38-26-15-14-23(36)17-20(26)9-16-27(38)33(28)24-3-1-2-4-25(24)37-32(33)41/h1-17,27-29H,(H,37,41)/t27?,28-,29+,33+/m0/s1. The van der Waals surface area contributed by atoms with Crippen LogP contribution in [0.4, 0.5) is 11.4 Å². The first-order valence-electron chi connectivity index (χ1n) is 13.1. The molecule has 0 bridgehead atoms. The van der Waals surface area contributed by atoms with Crippen LogP contribution >= 0.6 is 43.5 Å². The third-order valence-corrected chi connectivity index (χ3v) is 9.70. The number of carbonyl (C=O) groups excluding carboxylic acids is 3. The van der Waals surface area contributed by atoms with Gasteiger partial charge in [-0.2, -0.15) is 0 Å². The van der Waals surface area contributed by atoms with Crippen molar-refractivity contribution in [1.82, 2.24) is 0 Å². The number of benzene rings is 4. The Hall–Kier alpha value is -3.52. The Bertz CT molecular complexity index is 1790. The van der Waals surface area contributed by atoms with Gasteiger partial charge in [0.2, 0.25) is 5.91 Å². The van der Waals surface area contributed by atoms with E-state index >= 15 is 0 Å². The van der Waals surface area contributed by atoms with E-state index in [0.717, 1.165) is 20.2 Å². The summed E-state index contributed by atoms with van der Waals surface area (Å²) in [5.74, 6) is -1.82. The van der Waals surface area contributed by atoms with Gasteiger partial charge in [-0.15, -0.1) is 0 Å². The minimum Gasteiger partial charge on any atom is -0.352 e. The van der Waals surface area contributed by atoms with E-state index < -0.39 is 23.4 Å². The summed E-state index contributed by atoms with van der Waals surface area (Å²) in [7, 11) is 0. The average molecular weight is 689 g/mol. The molecule has 0 aromatic heterocycles. The van der Waals surface area contributed by atoms with E-state index in [2.05, 4.69) is 37.2 Å². The van der Waals surface area contributed by atoms with E-state index in [0.29, 0.717) is 27.4 Å². The number of ketones is 2. The predicted octanol–water partition coefficient (Wildman–Crippen LogP) is 7.72. The van der Waals surface area contributed by atoms with Crippen LogP contribution < -0.4 is 10.2 Å². The monoisotopic (exact) mass is 686 g/mol. The minimum absolute atomic E-state index is 0.233. The molecule has 1 unspecified atom stereocenters. The van der Waals surface area contributed by atoms with Crippen LogP contribution in [0.5, 0.6) is 0 Å². The number of carbonyl (C=O) groups is 3. The van der Waals surface area contributed by atoms with Gasteiger partial charge >= 0.3 is 0 Å². The van der Waals surface area contributed by atoms with Crippen molar-refractivity contribution in [3.8, 4) is 0 Å². The number of halogens is 3. The largest absolute Gasteiger partial charge is 0.352 e. The molecule has 5 nitrogen and oxygen atoms in total. The zero-order valence-corrected chi connectivity index (χ0v) is 25.3. The highest BCUT2D eigenvalue weighted by Gasteiger charge is 2.70. The predicted molar refractivity (Wildman–Crippen MR) is 168 cm³/mol. The average Bonchev–Trinajstić information content (AvgIpc) is 3.45. The molecule has 8 heteroatoms. The van der Waals surface area contributed by atoms with Crippen molar-refractivity contribution in [2.24, 2.45) is 5.92 Å². The normalized spacial score (nSPS) is 23.6. The number of rotatable bonds is 4. The van der Waals surface area contributed by atoms with Crippen molar-refractivity contribution < 1.29 is 14.4 Å². The first kappa shape index (κ1) is 26.4. The van der Waals surface area contributed by atoms with E-state index in [1.54, 1.807) is 42.5 Å². The van der Waals surface area contributed by atoms with Crippen molar-refractivity contribution in [1.29, 1.82) is 0 Å². The third kappa shape index (κ3) is 3.90. The molecule has 3 aliphatic rings. The molecular formula is C33H21Br2ClN2O3. The third-order valence-electron chi connectivity index (χ3n) is 8.40. The number of Topliss-reactive ketones (excluding diaryl/α,β-unsaturated/α-hetero) is 2. The zero-order valence-electron chi connectivity index (χ0n) is 21.4. The summed E-state index contributed by atoms with van der Waals surface area (Å²) >= 11 is 13.3. The fraction of sp³-hybridized carbons (Fsp3) is 0.121. The molecule has 1 N–H and O–H groups in total. The lowest BCUT2D eigenvalue weighted by molar-refractivity contribution is -0.121. The Morgan fingerprint density at radius 2 is 1.46 bits per heavy atom. The molecule has 7 rings (SSSR count). The number of amides is 1. The van der Waals surface area contributed by atoms with Gasteiger partial charge < -0.3 is 10.2 Å². The minimum atomic E-state index is -1.36. The molecule has 202 valence electrons. The molecule has 1 saturated heterocycles. The molecule has 41 heavy (non-hydrogen) atoms. The molecule has 3 heterocycles. The van der Waals surface area contributed by atoms with Gasteiger partial charge in [-0.05, 0) is 59.7 Å². The van der Waals surface area contributed by atoms with E-state index in [4.69, 9.17) is 11.6 Å². The number of para-hydroxylation sites is 1. The molecule has 4 aromatic carbocycles. The molecule has 0 aliphatic carbocycles. The first-order chi connectivity index (χ1) is 19.8. The van der Waals surface area contributed by atoms with Crippen molar-refractivity contribution in [3.05, 3.63) is 133 Å². The van der Waals surface area contributed by atoms with E-state index in [1.807, 2.05) is 65.6 Å². The summed E-state index contributed by atoms with van der Waals surface area (Å²) in [5, 5.41) is 3.61. The van der Waals surface area contributed by atoms with Crippen molar-refractivity contribution in [3.63, 3.8) is 0 Å². The Kier molecular flexibility index (Phi) is 6.30. The highest BCUT2D eigenvalue weighted by atomic mass is 79.9.